The molecule has 0 aromatic rings. The van der Waals surface area contributed by atoms with Gasteiger partial charge in [-0.15, -0.1) is 0 Å². The Morgan fingerprint density at radius 3 is 2.45 bits per heavy atom. The summed E-state index contributed by atoms with van der Waals surface area (Å²) in [5.41, 5.74) is 0. The molecule has 2 heterocycles. The molecule has 0 aliphatic carbocycles. The first-order chi connectivity index (χ1) is 9.58. The van der Waals surface area contributed by atoms with E-state index in [-0.39, 0.29) is 5.91 Å². The highest BCUT2D eigenvalue weighted by molar-refractivity contribution is 5.73. The number of nitrogens with zero attached hydrogens (tertiary/aromatic N) is 3. The minimum atomic E-state index is 0.230. The van der Waals surface area contributed by atoms with E-state index in [1.807, 2.05) is 4.90 Å². The Hall–Kier alpha value is -0.610. The number of likely N-dealkylation sites (N-methyl/N-ethyl adjacent to an activating group) is 1. The highest BCUT2D eigenvalue weighted by Gasteiger charge is 2.24. The van der Waals surface area contributed by atoms with Crippen molar-refractivity contribution in [3.05, 3.63) is 0 Å². The van der Waals surface area contributed by atoms with Crippen molar-refractivity contribution in [3.8, 4) is 0 Å². The van der Waals surface area contributed by atoms with Crippen molar-refractivity contribution in [2.45, 2.75) is 58.0 Å². The number of carbonyl (C=O) groups is 1. The van der Waals surface area contributed by atoms with E-state index in [2.05, 4.69) is 23.8 Å². The number of hydrogen-bond acceptors (Lipinski definition) is 3. The molecule has 0 saturated carbocycles. The van der Waals surface area contributed by atoms with E-state index in [0.29, 0.717) is 6.04 Å². The third-order valence-electron chi connectivity index (χ3n) is 5.21. The maximum Gasteiger partial charge on any atom is 0.219 e. The molecule has 0 bridgehead atoms. The van der Waals surface area contributed by atoms with Crippen molar-refractivity contribution in [2.75, 3.05) is 39.8 Å². The van der Waals surface area contributed by atoms with Gasteiger partial charge in [-0.2, -0.15) is 0 Å². The molecule has 116 valence electrons. The first-order valence-electron chi connectivity index (χ1n) is 8.27. The van der Waals surface area contributed by atoms with Crippen LogP contribution in [0.4, 0.5) is 0 Å². The van der Waals surface area contributed by atoms with Crippen LogP contribution in [0.25, 0.3) is 0 Å². The fourth-order valence-corrected chi connectivity index (χ4v) is 3.58. The number of rotatable bonds is 4. The standard InChI is InChI=1S/C16H31N3O/c1-14-6-4-5-9-18(14)13-12-17(3)16-7-10-19(11-8-16)15(2)20/h14,16H,4-13H2,1-3H3/t14-/m0/s1. The lowest BCUT2D eigenvalue weighted by atomic mass is 10.0. The van der Waals surface area contributed by atoms with Gasteiger partial charge in [-0.25, -0.2) is 0 Å². The fraction of sp³-hybridized carbons (Fsp3) is 0.938. The van der Waals surface area contributed by atoms with E-state index in [9.17, 15) is 4.79 Å². The van der Waals surface area contributed by atoms with Crippen molar-refractivity contribution >= 4 is 5.91 Å². The highest BCUT2D eigenvalue weighted by Crippen LogP contribution is 2.18. The monoisotopic (exact) mass is 281 g/mol. The molecular formula is C16H31N3O. The van der Waals surface area contributed by atoms with Crippen LogP contribution >= 0.6 is 0 Å². The molecule has 0 aromatic heterocycles. The zero-order chi connectivity index (χ0) is 14.5. The summed E-state index contributed by atoms with van der Waals surface area (Å²) in [4.78, 5) is 18.5. The van der Waals surface area contributed by atoms with Crippen LogP contribution in [-0.2, 0) is 4.79 Å². The second-order valence-corrected chi connectivity index (χ2v) is 6.60. The smallest absolute Gasteiger partial charge is 0.219 e. The molecule has 0 aromatic carbocycles. The van der Waals surface area contributed by atoms with Gasteiger partial charge in [0.25, 0.3) is 0 Å². The van der Waals surface area contributed by atoms with Crippen LogP contribution in [0.1, 0.15) is 46.0 Å². The van der Waals surface area contributed by atoms with Gasteiger partial charge in [-0.3, -0.25) is 9.69 Å². The van der Waals surface area contributed by atoms with Crippen LogP contribution in [-0.4, -0.2) is 72.5 Å². The number of piperidine rings is 2. The zero-order valence-corrected chi connectivity index (χ0v) is 13.5. The lowest BCUT2D eigenvalue weighted by molar-refractivity contribution is -0.130. The summed E-state index contributed by atoms with van der Waals surface area (Å²) in [6, 6.07) is 1.42. The van der Waals surface area contributed by atoms with Crippen molar-refractivity contribution < 1.29 is 4.79 Å². The Kier molecular flexibility index (Phi) is 5.85. The third-order valence-corrected chi connectivity index (χ3v) is 5.21. The molecule has 2 aliphatic rings. The number of amides is 1. The van der Waals surface area contributed by atoms with E-state index in [4.69, 9.17) is 0 Å². The molecule has 0 radical (unpaired) electrons. The van der Waals surface area contributed by atoms with E-state index in [1.165, 1.54) is 32.4 Å². The maximum absolute atomic E-state index is 11.3. The minimum Gasteiger partial charge on any atom is -0.343 e. The van der Waals surface area contributed by atoms with E-state index < -0.39 is 0 Å². The van der Waals surface area contributed by atoms with Gasteiger partial charge in [0.2, 0.25) is 5.91 Å². The summed E-state index contributed by atoms with van der Waals surface area (Å²) in [5, 5.41) is 0. The van der Waals surface area contributed by atoms with Crippen LogP contribution in [0.15, 0.2) is 0 Å². The van der Waals surface area contributed by atoms with Crippen LogP contribution in [0.2, 0.25) is 0 Å². The Balaban J connectivity index is 1.70. The summed E-state index contributed by atoms with van der Waals surface area (Å²) in [7, 11) is 2.25. The second kappa shape index (κ2) is 7.41. The number of carbonyl (C=O) groups excluding carboxylic acids is 1. The summed E-state index contributed by atoms with van der Waals surface area (Å²) in [6.07, 6.45) is 6.39. The molecule has 2 rings (SSSR count). The van der Waals surface area contributed by atoms with Crippen LogP contribution in [0, 0.1) is 0 Å². The Morgan fingerprint density at radius 1 is 1.15 bits per heavy atom. The average Bonchev–Trinajstić information content (AvgIpc) is 2.46. The molecule has 20 heavy (non-hydrogen) atoms. The normalized spacial score (nSPS) is 26.2. The van der Waals surface area contributed by atoms with Crippen LogP contribution < -0.4 is 0 Å². The minimum absolute atomic E-state index is 0.230. The molecular weight excluding hydrogens is 250 g/mol. The van der Waals surface area contributed by atoms with Crippen LogP contribution in [0.5, 0.6) is 0 Å². The third kappa shape index (κ3) is 4.19. The van der Waals surface area contributed by atoms with Gasteiger partial charge in [0.1, 0.15) is 0 Å². The fourth-order valence-electron chi connectivity index (χ4n) is 3.58. The Labute approximate surface area is 124 Å². The Bertz CT molecular complexity index is 313. The molecule has 1 amide bonds. The molecule has 0 N–H and O–H groups in total. The summed E-state index contributed by atoms with van der Waals surface area (Å²) >= 11 is 0. The SMILES string of the molecule is CC(=O)N1CCC(N(C)CCN2CCCC[C@@H]2C)CC1. The number of hydrogen-bond donors (Lipinski definition) is 0. The summed E-state index contributed by atoms with van der Waals surface area (Å²) in [5.74, 6) is 0.230. The molecule has 0 spiro atoms. The second-order valence-electron chi connectivity index (χ2n) is 6.60. The molecule has 1 atom stereocenters. The van der Waals surface area contributed by atoms with Gasteiger partial charge in [0, 0.05) is 45.2 Å². The molecule has 0 unspecified atom stereocenters. The predicted molar refractivity (Wildman–Crippen MR) is 82.8 cm³/mol. The largest absolute Gasteiger partial charge is 0.343 e. The van der Waals surface area contributed by atoms with Gasteiger partial charge >= 0.3 is 0 Å². The van der Waals surface area contributed by atoms with E-state index in [0.717, 1.165) is 38.5 Å². The lowest BCUT2D eigenvalue weighted by Crippen LogP contribution is -2.48. The van der Waals surface area contributed by atoms with Crippen molar-refractivity contribution in [2.24, 2.45) is 0 Å². The average molecular weight is 281 g/mol. The van der Waals surface area contributed by atoms with E-state index >= 15 is 0 Å². The predicted octanol–water partition coefficient (Wildman–Crippen LogP) is 1.80. The molecule has 2 aliphatic heterocycles. The van der Waals surface area contributed by atoms with Gasteiger partial charge in [-0.05, 0) is 46.2 Å². The van der Waals surface area contributed by atoms with Crippen molar-refractivity contribution in [3.63, 3.8) is 0 Å². The molecule has 4 heteroatoms. The van der Waals surface area contributed by atoms with Gasteiger partial charge in [-0.1, -0.05) is 6.42 Å². The van der Waals surface area contributed by atoms with Gasteiger partial charge in [0.15, 0.2) is 0 Å². The zero-order valence-electron chi connectivity index (χ0n) is 13.5. The highest BCUT2D eigenvalue weighted by atomic mass is 16.2. The lowest BCUT2D eigenvalue weighted by Gasteiger charge is -2.39. The van der Waals surface area contributed by atoms with Gasteiger partial charge in [0.05, 0.1) is 0 Å². The summed E-state index contributed by atoms with van der Waals surface area (Å²) in [6.45, 7) is 9.55. The summed E-state index contributed by atoms with van der Waals surface area (Å²) < 4.78 is 0. The first-order valence-corrected chi connectivity index (χ1v) is 8.27. The van der Waals surface area contributed by atoms with Crippen molar-refractivity contribution in [1.82, 2.24) is 14.7 Å². The van der Waals surface area contributed by atoms with Crippen LogP contribution in [0.3, 0.4) is 0 Å². The topological polar surface area (TPSA) is 26.8 Å². The maximum atomic E-state index is 11.3. The first kappa shape index (κ1) is 15.8. The molecule has 4 nitrogen and oxygen atoms in total. The Morgan fingerprint density at radius 2 is 1.85 bits per heavy atom. The molecule has 2 fully saturated rings. The van der Waals surface area contributed by atoms with Crippen molar-refractivity contribution in [1.29, 1.82) is 0 Å². The van der Waals surface area contributed by atoms with Gasteiger partial charge < -0.3 is 9.80 Å². The van der Waals surface area contributed by atoms with E-state index in [1.54, 1.807) is 6.92 Å². The molecule has 2 saturated heterocycles. The quantitative estimate of drug-likeness (QED) is 0.786. The number of likely N-dealkylation sites (tertiary alicyclic amines) is 2.